The maximum atomic E-state index is 12.5. The second kappa shape index (κ2) is 5.61. The van der Waals surface area contributed by atoms with Crippen LogP contribution in [0, 0.1) is 0 Å². The van der Waals surface area contributed by atoms with E-state index in [2.05, 4.69) is 10.2 Å². The first-order valence-electron chi connectivity index (χ1n) is 6.69. The predicted octanol–water partition coefficient (Wildman–Crippen LogP) is 1.37. The molecule has 0 unspecified atom stereocenters. The van der Waals surface area contributed by atoms with Gasteiger partial charge in [0.1, 0.15) is 0 Å². The third kappa shape index (κ3) is 2.89. The van der Waals surface area contributed by atoms with E-state index < -0.39 is 0 Å². The van der Waals surface area contributed by atoms with Gasteiger partial charge in [0.05, 0.1) is 18.0 Å². The number of ether oxygens (including phenoxy) is 1. The van der Waals surface area contributed by atoms with Gasteiger partial charge in [-0.15, -0.1) is 0 Å². The lowest BCUT2D eigenvalue weighted by Crippen LogP contribution is -2.36. The topological polar surface area (TPSA) is 84.2 Å². The Labute approximate surface area is 113 Å². The zero-order valence-electron chi connectivity index (χ0n) is 11.8. The van der Waals surface area contributed by atoms with Crippen molar-refractivity contribution in [3.63, 3.8) is 0 Å². The van der Waals surface area contributed by atoms with E-state index in [0.29, 0.717) is 30.6 Å². The fourth-order valence-corrected chi connectivity index (χ4v) is 2.13. The number of aromatic nitrogens is 2. The first kappa shape index (κ1) is 13.9. The van der Waals surface area contributed by atoms with Crippen LogP contribution in [0.25, 0.3) is 0 Å². The number of methoxy groups -OCH3 is 1. The number of aromatic amines is 1. The van der Waals surface area contributed by atoms with E-state index >= 15 is 0 Å². The van der Waals surface area contributed by atoms with E-state index in [-0.39, 0.29) is 11.8 Å². The molecule has 6 heteroatoms. The molecule has 0 saturated heterocycles. The summed E-state index contributed by atoms with van der Waals surface area (Å²) in [5.74, 6) is 0.127. The third-order valence-corrected chi connectivity index (χ3v) is 3.40. The van der Waals surface area contributed by atoms with Crippen LogP contribution in [0.1, 0.15) is 48.8 Å². The van der Waals surface area contributed by atoms with Crippen LogP contribution in [0.5, 0.6) is 0 Å². The van der Waals surface area contributed by atoms with Crippen LogP contribution in [-0.4, -0.2) is 47.3 Å². The summed E-state index contributed by atoms with van der Waals surface area (Å²) in [7, 11) is 1.63. The number of anilines is 1. The molecule has 0 atom stereocenters. The second-order valence-corrected chi connectivity index (χ2v) is 5.28. The van der Waals surface area contributed by atoms with E-state index in [9.17, 15) is 4.79 Å². The molecular weight excluding hydrogens is 244 g/mol. The minimum Gasteiger partial charge on any atom is -0.395 e. The Morgan fingerprint density at radius 2 is 2.26 bits per heavy atom. The molecule has 0 aliphatic heterocycles. The van der Waals surface area contributed by atoms with Crippen molar-refractivity contribution in [3.05, 3.63) is 11.4 Å². The number of H-pyrrole nitrogens is 1. The highest BCUT2D eigenvalue weighted by Crippen LogP contribution is 2.30. The summed E-state index contributed by atoms with van der Waals surface area (Å²) in [6.07, 6.45) is 2.10. The SMILES string of the molecule is COCCN(C(=O)c1n[nH]c(C(C)C)c1N)C1CC1. The van der Waals surface area contributed by atoms with Gasteiger partial charge >= 0.3 is 0 Å². The molecule has 1 aliphatic carbocycles. The molecule has 0 radical (unpaired) electrons. The Bertz CT molecular complexity index is 451. The molecule has 1 saturated carbocycles. The van der Waals surface area contributed by atoms with Crippen LogP contribution in [0.15, 0.2) is 0 Å². The Kier molecular flexibility index (Phi) is 4.09. The molecule has 6 nitrogen and oxygen atoms in total. The molecule has 1 aromatic heterocycles. The van der Waals surface area contributed by atoms with Gasteiger partial charge in [0.15, 0.2) is 5.69 Å². The van der Waals surface area contributed by atoms with Crippen LogP contribution in [-0.2, 0) is 4.74 Å². The monoisotopic (exact) mass is 266 g/mol. The summed E-state index contributed by atoms with van der Waals surface area (Å²) in [6.45, 7) is 5.15. The zero-order valence-corrected chi connectivity index (χ0v) is 11.8. The predicted molar refractivity (Wildman–Crippen MR) is 73.0 cm³/mol. The Morgan fingerprint density at radius 1 is 1.58 bits per heavy atom. The van der Waals surface area contributed by atoms with Crippen LogP contribution in [0.2, 0.25) is 0 Å². The van der Waals surface area contributed by atoms with E-state index in [1.807, 2.05) is 18.7 Å². The van der Waals surface area contributed by atoms with Crippen molar-refractivity contribution >= 4 is 11.6 Å². The second-order valence-electron chi connectivity index (χ2n) is 5.28. The van der Waals surface area contributed by atoms with Gasteiger partial charge < -0.3 is 15.4 Å². The average Bonchev–Trinajstić information content (AvgIpc) is 3.12. The summed E-state index contributed by atoms with van der Waals surface area (Å²) in [6, 6.07) is 0.321. The lowest BCUT2D eigenvalue weighted by molar-refractivity contribution is 0.0675. The maximum absolute atomic E-state index is 12.5. The highest BCUT2D eigenvalue weighted by Gasteiger charge is 2.34. The molecular formula is C13H22N4O2. The number of amides is 1. The number of rotatable bonds is 6. The van der Waals surface area contributed by atoms with Crippen molar-refractivity contribution in [1.29, 1.82) is 0 Å². The van der Waals surface area contributed by atoms with Crippen molar-refractivity contribution in [3.8, 4) is 0 Å². The van der Waals surface area contributed by atoms with E-state index in [1.54, 1.807) is 7.11 Å². The van der Waals surface area contributed by atoms with Gasteiger partial charge in [-0.05, 0) is 18.8 Å². The number of nitrogens with two attached hydrogens (primary N) is 1. The Morgan fingerprint density at radius 3 is 2.74 bits per heavy atom. The molecule has 1 amide bonds. The molecule has 0 spiro atoms. The molecule has 3 N–H and O–H groups in total. The van der Waals surface area contributed by atoms with Crippen molar-refractivity contribution < 1.29 is 9.53 Å². The number of hydrogen-bond acceptors (Lipinski definition) is 4. The number of carbonyl (C=O) groups is 1. The zero-order chi connectivity index (χ0) is 14.0. The van der Waals surface area contributed by atoms with Gasteiger partial charge in [-0.2, -0.15) is 5.10 Å². The van der Waals surface area contributed by atoms with Gasteiger partial charge in [-0.3, -0.25) is 9.89 Å². The first-order chi connectivity index (χ1) is 9.06. The average molecular weight is 266 g/mol. The fourth-order valence-electron chi connectivity index (χ4n) is 2.13. The molecule has 0 aromatic carbocycles. The summed E-state index contributed by atoms with van der Waals surface area (Å²) < 4.78 is 5.06. The number of hydrogen-bond donors (Lipinski definition) is 2. The molecule has 1 fully saturated rings. The standard InChI is InChI=1S/C13H22N4O2/c1-8(2)11-10(14)12(16-15-11)13(18)17(6-7-19-3)9-4-5-9/h8-9H,4-7,14H2,1-3H3,(H,15,16). The molecule has 2 rings (SSSR count). The van der Waals surface area contributed by atoms with E-state index in [0.717, 1.165) is 18.5 Å². The Balaban J connectivity index is 2.17. The maximum Gasteiger partial charge on any atom is 0.276 e. The van der Waals surface area contributed by atoms with Crippen molar-refractivity contribution in [2.45, 2.75) is 38.6 Å². The van der Waals surface area contributed by atoms with Gasteiger partial charge in [-0.25, -0.2) is 0 Å². The largest absolute Gasteiger partial charge is 0.395 e. The van der Waals surface area contributed by atoms with Gasteiger partial charge in [0.25, 0.3) is 5.91 Å². The van der Waals surface area contributed by atoms with E-state index in [4.69, 9.17) is 10.5 Å². The van der Waals surface area contributed by atoms with Gasteiger partial charge in [0, 0.05) is 19.7 Å². The lowest BCUT2D eigenvalue weighted by atomic mass is 10.1. The smallest absolute Gasteiger partial charge is 0.276 e. The highest BCUT2D eigenvalue weighted by molar-refractivity contribution is 5.98. The summed E-state index contributed by atoms with van der Waals surface area (Å²) in [5, 5.41) is 6.96. The van der Waals surface area contributed by atoms with E-state index in [1.165, 1.54) is 0 Å². The number of nitrogens with one attached hydrogen (secondary N) is 1. The van der Waals surface area contributed by atoms with Crippen molar-refractivity contribution in [2.24, 2.45) is 0 Å². The van der Waals surface area contributed by atoms with Crippen LogP contribution in [0.4, 0.5) is 5.69 Å². The number of nitrogen functional groups attached to an aromatic ring is 1. The first-order valence-corrected chi connectivity index (χ1v) is 6.69. The van der Waals surface area contributed by atoms with Crippen LogP contribution in [0.3, 0.4) is 0 Å². The van der Waals surface area contributed by atoms with Crippen molar-refractivity contribution in [1.82, 2.24) is 15.1 Å². The van der Waals surface area contributed by atoms with Gasteiger partial charge in [0.2, 0.25) is 0 Å². The fraction of sp³-hybridized carbons (Fsp3) is 0.692. The molecule has 1 aliphatic rings. The molecule has 1 aromatic rings. The van der Waals surface area contributed by atoms with Gasteiger partial charge in [-0.1, -0.05) is 13.8 Å². The quantitative estimate of drug-likeness (QED) is 0.814. The number of carbonyl (C=O) groups excluding carboxylic acids is 1. The van der Waals surface area contributed by atoms with Crippen molar-refractivity contribution in [2.75, 3.05) is 26.0 Å². The highest BCUT2D eigenvalue weighted by atomic mass is 16.5. The minimum absolute atomic E-state index is 0.0970. The van der Waals surface area contributed by atoms with Crippen LogP contribution >= 0.6 is 0 Å². The molecule has 106 valence electrons. The number of nitrogens with zero attached hydrogens (tertiary/aromatic N) is 2. The van der Waals surface area contributed by atoms with Crippen LogP contribution < -0.4 is 5.73 Å². The Hall–Kier alpha value is -1.56. The lowest BCUT2D eigenvalue weighted by Gasteiger charge is -2.21. The molecule has 19 heavy (non-hydrogen) atoms. The molecule has 0 bridgehead atoms. The minimum atomic E-state index is -0.0970. The summed E-state index contributed by atoms with van der Waals surface area (Å²) >= 11 is 0. The third-order valence-electron chi connectivity index (χ3n) is 3.40. The normalized spacial score (nSPS) is 14.9. The summed E-state index contributed by atoms with van der Waals surface area (Å²) in [5.41, 5.74) is 7.66. The summed E-state index contributed by atoms with van der Waals surface area (Å²) in [4.78, 5) is 14.3. The molecule has 1 heterocycles.